The van der Waals surface area contributed by atoms with Gasteiger partial charge in [0.05, 0.1) is 11.4 Å². The molecule has 0 fully saturated rings. The summed E-state index contributed by atoms with van der Waals surface area (Å²) in [5.41, 5.74) is 13.1. The van der Waals surface area contributed by atoms with Gasteiger partial charge >= 0.3 is 0 Å². The van der Waals surface area contributed by atoms with Crippen molar-refractivity contribution in [1.82, 2.24) is 20.6 Å². The third-order valence-electron chi connectivity index (χ3n) is 3.71. The van der Waals surface area contributed by atoms with E-state index in [-0.39, 0.29) is 18.2 Å². The van der Waals surface area contributed by atoms with Crippen LogP contribution >= 0.6 is 0 Å². The van der Waals surface area contributed by atoms with Gasteiger partial charge in [-0.1, -0.05) is 12.1 Å². The maximum atomic E-state index is 12.3. The van der Waals surface area contributed by atoms with Crippen LogP contribution < -0.4 is 22.1 Å². The Kier molecular flexibility index (Phi) is 7.66. The highest BCUT2D eigenvalue weighted by Crippen LogP contribution is 2.16. The van der Waals surface area contributed by atoms with E-state index < -0.39 is 5.92 Å². The first-order valence-corrected chi connectivity index (χ1v) is 8.47. The highest BCUT2D eigenvalue weighted by atomic mass is 16.2. The number of amides is 2. The van der Waals surface area contributed by atoms with Gasteiger partial charge in [-0.15, -0.1) is 0 Å². The Morgan fingerprint density at radius 2 is 1.58 bits per heavy atom. The minimum absolute atomic E-state index is 0.238. The summed E-state index contributed by atoms with van der Waals surface area (Å²) in [5.74, 6) is -1.59. The first kappa shape index (κ1) is 19.5. The van der Waals surface area contributed by atoms with E-state index in [1.807, 2.05) is 30.3 Å². The number of aromatic nitrogens is 2. The van der Waals surface area contributed by atoms with Crippen LogP contribution in [0.5, 0.6) is 0 Å². The van der Waals surface area contributed by atoms with Crippen LogP contribution in [0.3, 0.4) is 0 Å². The third kappa shape index (κ3) is 5.61. The van der Waals surface area contributed by atoms with Crippen molar-refractivity contribution in [2.24, 2.45) is 17.4 Å². The Morgan fingerprint density at radius 3 is 2.08 bits per heavy atom. The largest absolute Gasteiger partial charge is 0.354 e. The first-order valence-electron chi connectivity index (χ1n) is 8.47. The van der Waals surface area contributed by atoms with E-state index >= 15 is 0 Å². The molecule has 0 saturated carbocycles. The monoisotopic (exact) mass is 356 g/mol. The Hall–Kier alpha value is -2.84. The Morgan fingerprint density at radius 1 is 0.923 bits per heavy atom. The van der Waals surface area contributed by atoms with Crippen molar-refractivity contribution < 1.29 is 9.59 Å². The van der Waals surface area contributed by atoms with Crippen LogP contribution in [0.25, 0.3) is 11.4 Å². The van der Waals surface area contributed by atoms with E-state index in [2.05, 4.69) is 20.6 Å². The standard InChI is InChI=1S/C18H24N6O2/c19-6-9-22-17(25)14(18(26)23-10-7-20)11-13-4-5-16(24-12-13)15-3-1-2-8-21-15/h1-5,8,12,14H,6-7,9-11,19-20H2,(H,22,25)(H,23,26). The van der Waals surface area contributed by atoms with Crippen LogP contribution in [0.4, 0.5) is 0 Å². The van der Waals surface area contributed by atoms with Crippen molar-refractivity contribution in [2.75, 3.05) is 26.2 Å². The molecule has 8 nitrogen and oxygen atoms in total. The van der Waals surface area contributed by atoms with Crippen molar-refractivity contribution in [1.29, 1.82) is 0 Å². The number of nitrogens with two attached hydrogens (primary N) is 2. The summed E-state index contributed by atoms with van der Waals surface area (Å²) in [7, 11) is 0. The zero-order valence-electron chi connectivity index (χ0n) is 14.5. The van der Waals surface area contributed by atoms with Crippen molar-refractivity contribution in [2.45, 2.75) is 6.42 Å². The molecule has 2 aromatic heterocycles. The minimum Gasteiger partial charge on any atom is -0.354 e. The molecule has 0 atom stereocenters. The Labute approximate surface area is 152 Å². The molecule has 138 valence electrons. The number of carbonyl (C=O) groups is 2. The van der Waals surface area contributed by atoms with Crippen LogP contribution in [0.15, 0.2) is 42.7 Å². The zero-order chi connectivity index (χ0) is 18.8. The van der Waals surface area contributed by atoms with E-state index in [4.69, 9.17) is 11.5 Å². The summed E-state index contributed by atoms with van der Waals surface area (Å²) in [6.07, 6.45) is 3.59. The van der Waals surface area contributed by atoms with Crippen molar-refractivity contribution in [3.05, 3.63) is 48.3 Å². The maximum Gasteiger partial charge on any atom is 0.232 e. The van der Waals surface area contributed by atoms with Gasteiger partial charge in [-0.05, 0) is 30.2 Å². The van der Waals surface area contributed by atoms with Crippen LogP contribution in [-0.2, 0) is 16.0 Å². The maximum absolute atomic E-state index is 12.3. The van der Waals surface area contributed by atoms with Crippen LogP contribution in [0, 0.1) is 5.92 Å². The summed E-state index contributed by atoms with van der Waals surface area (Å²) in [5, 5.41) is 5.32. The molecule has 0 spiro atoms. The molecular weight excluding hydrogens is 332 g/mol. The molecule has 2 aromatic rings. The van der Waals surface area contributed by atoms with Crippen molar-refractivity contribution >= 4 is 11.8 Å². The van der Waals surface area contributed by atoms with Gasteiger partial charge in [0.25, 0.3) is 0 Å². The number of rotatable bonds is 9. The fraction of sp³-hybridized carbons (Fsp3) is 0.333. The summed E-state index contributed by atoms with van der Waals surface area (Å²) < 4.78 is 0. The van der Waals surface area contributed by atoms with Gasteiger partial charge < -0.3 is 22.1 Å². The molecule has 8 heteroatoms. The Balaban J connectivity index is 2.11. The second kappa shape index (κ2) is 10.2. The number of nitrogens with zero attached hydrogens (tertiary/aromatic N) is 2. The van der Waals surface area contributed by atoms with Gasteiger partial charge in [-0.3, -0.25) is 19.6 Å². The summed E-state index contributed by atoms with van der Waals surface area (Å²) >= 11 is 0. The number of pyridine rings is 2. The first-order chi connectivity index (χ1) is 12.7. The minimum atomic E-state index is -0.865. The summed E-state index contributed by atoms with van der Waals surface area (Å²) in [6.45, 7) is 1.25. The van der Waals surface area contributed by atoms with Gasteiger partial charge in [-0.25, -0.2) is 0 Å². The van der Waals surface area contributed by atoms with Crippen LogP contribution in [0.1, 0.15) is 5.56 Å². The molecule has 0 aliphatic heterocycles. The van der Waals surface area contributed by atoms with E-state index in [0.29, 0.717) is 26.2 Å². The SMILES string of the molecule is NCCNC(=O)C(Cc1ccc(-c2ccccn2)nc1)C(=O)NCCN. The zero-order valence-corrected chi connectivity index (χ0v) is 14.5. The predicted octanol–water partition coefficient (Wildman–Crippen LogP) is -0.548. The number of hydrogen-bond donors (Lipinski definition) is 4. The fourth-order valence-electron chi connectivity index (χ4n) is 2.39. The summed E-state index contributed by atoms with van der Waals surface area (Å²) in [4.78, 5) is 33.2. The average Bonchev–Trinajstić information content (AvgIpc) is 2.69. The topological polar surface area (TPSA) is 136 Å². The molecule has 0 aromatic carbocycles. The molecule has 26 heavy (non-hydrogen) atoms. The molecule has 0 bridgehead atoms. The van der Waals surface area contributed by atoms with Gasteiger partial charge in [0, 0.05) is 38.6 Å². The quantitative estimate of drug-likeness (QED) is 0.445. The second-order valence-electron chi connectivity index (χ2n) is 5.68. The predicted molar refractivity (Wildman–Crippen MR) is 98.8 cm³/mol. The molecule has 6 N–H and O–H groups in total. The molecule has 0 radical (unpaired) electrons. The van der Waals surface area contributed by atoms with E-state index in [1.54, 1.807) is 12.4 Å². The van der Waals surface area contributed by atoms with Crippen LogP contribution in [0.2, 0.25) is 0 Å². The van der Waals surface area contributed by atoms with E-state index in [9.17, 15) is 9.59 Å². The molecule has 2 rings (SSSR count). The lowest BCUT2D eigenvalue weighted by molar-refractivity contribution is -0.135. The second-order valence-corrected chi connectivity index (χ2v) is 5.68. The summed E-state index contributed by atoms with van der Waals surface area (Å²) in [6, 6.07) is 9.26. The highest BCUT2D eigenvalue weighted by Gasteiger charge is 2.26. The van der Waals surface area contributed by atoms with Crippen molar-refractivity contribution in [3.8, 4) is 11.4 Å². The lowest BCUT2D eigenvalue weighted by atomic mass is 9.98. The molecule has 0 unspecified atom stereocenters. The number of hydrogen-bond acceptors (Lipinski definition) is 6. The van der Waals surface area contributed by atoms with Gasteiger partial charge in [0.2, 0.25) is 11.8 Å². The fourth-order valence-corrected chi connectivity index (χ4v) is 2.39. The normalized spacial score (nSPS) is 10.6. The molecule has 2 amide bonds. The highest BCUT2D eigenvalue weighted by molar-refractivity contribution is 6.00. The molecule has 0 aliphatic carbocycles. The number of carbonyl (C=O) groups excluding carboxylic acids is 2. The van der Waals surface area contributed by atoms with Gasteiger partial charge in [0.1, 0.15) is 5.92 Å². The smallest absolute Gasteiger partial charge is 0.232 e. The van der Waals surface area contributed by atoms with E-state index in [1.165, 1.54) is 0 Å². The molecular formula is C18H24N6O2. The lowest BCUT2D eigenvalue weighted by Gasteiger charge is -2.16. The lowest BCUT2D eigenvalue weighted by Crippen LogP contribution is -2.44. The van der Waals surface area contributed by atoms with Gasteiger partial charge in [0.15, 0.2) is 0 Å². The van der Waals surface area contributed by atoms with Gasteiger partial charge in [-0.2, -0.15) is 0 Å². The average molecular weight is 356 g/mol. The number of nitrogens with one attached hydrogen (secondary N) is 2. The van der Waals surface area contributed by atoms with Crippen molar-refractivity contribution in [3.63, 3.8) is 0 Å². The molecule has 0 saturated heterocycles. The van der Waals surface area contributed by atoms with Crippen LogP contribution in [-0.4, -0.2) is 48.0 Å². The molecule has 2 heterocycles. The Bertz CT molecular complexity index is 685. The third-order valence-corrected chi connectivity index (χ3v) is 3.71. The molecule has 0 aliphatic rings. The van der Waals surface area contributed by atoms with E-state index in [0.717, 1.165) is 17.0 Å².